The van der Waals surface area contributed by atoms with E-state index in [2.05, 4.69) is 14.1 Å². The van der Waals surface area contributed by atoms with Gasteiger partial charge < -0.3 is 48.4 Å². The molecule has 0 aliphatic carbocycles. The van der Waals surface area contributed by atoms with Crippen LogP contribution in [0.2, 0.25) is 0 Å². The minimum Gasteiger partial charge on any atom is -0.470 e. The monoisotopic (exact) mass is 891 g/mol. The van der Waals surface area contributed by atoms with Crippen molar-refractivity contribution >= 4 is 63.0 Å². The fourth-order valence-electron chi connectivity index (χ4n) is 5.73. The number of para-hydroxylation sites is 1. The number of hydrogen-bond donors (Lipinski definition) is 2. The summed E-state index contributed by atoms with van der Waals surface area (Å²) in [6.07, 6.45) is 0.412. The van der Waals surface area contributed by atoms with Crippen LogP contribution in [0, 0.1) is 0 Å². The van der Waals surface area contributed by atoms with Crippen LogP contribution in [0.3, 0.4) is 0 Å². The molecule has 0 spiro atoms. The first-order valence-electron chi connectivity index (χ1n) is 19.4. The number of rotatable bonds is 21. The van der Waals surface area contributed by atoms with Gasteiger partial charge in [-0.1, -0.05) is 31.5 Å². The van der Waals surface area contributed by atoms with E-state index in [1.54, 1.807) is 51.1 Å². The molecule has 1 saturated heterocycles. The molecular formula is C39H53N7O13S2. The number of hydrogen-bond acceptors (Lipinski definition) is 18. The molecule has 2 heterocycles. The third kappa shape index (κ3) is 14.8. The van der Waals surface area contributed by atoms with Crippen molar-refractivity contribution in [1.29, 1.82) is 0 Å². The second-order valence-corrected chi connectivity index (χ2v) is 16.8. The van der Waals surface area contributed by atoms with Gasteiger partial charge in [-0.2, -0.15) is 4.37 Å². The van der Waals surface area contributed by atoms with Gasteiger partial charge in [0.15, 0.2) is 25.1 Å². The summed E-state index contributed by atoms with van der Waals surface area (Å²) < 4.78 is 67.5. The molecule has 3 aromatic rings. The van der Waals surface area contributed by atoms with Crippen molar-refractivity contribution < 1.29 is 60.8 Å². The van der Waals surface area contributed by atoms with E-state index in [4.69, 9.17) is 33.6 Å². The Morgan fingerprint density at radius 2 is 1.70 bits per heavy atom. The maximum absolute atomic E-state index is 13.4. The number of sulfonamides is 1. The topological polar surface area (TPSA) is 248 Å². The van der Waals surface area contributed by atoms with E-state index < -0.39 is 76.0 Å². The SMILES string of the molecule is CCCCNc1cc(C(=O)OCC(=O)N(C)CC(=O)O[C@H](COc2nsnc2N2CCOCC2)CN(C(=O)COC(C)=O)C(C)(C)C)cc(S(N)(=O)=O)c1Oc1ccccc1. The van der Waals surface area contributed by atoms with Crippen molar-refractivity contribution in [2.24, 2.45) is 5.14 Å². The van der Waals surface area contributed by atoms with Gasteiger partial charge in [0.25, 0.3) is 17.7 Å². The predicted molar refractivity (Wildman–Crippen MR) is 222 cm³/mol. The van der Waals surface area contributed by atoms with Gasteiger partial charge in [-0.05, 0) is 51.5 Å². The normalized spacial score (nSPS) is 13.4. The fraction of sp³-hybridized carbons (Fsp3) is 0.513. The van der Waals surface area contributed by atoms with Gasteiger partial charge in [0.1, 0.15) is 23.8 Å². The Bertz CT molecular complexity index is 2090. The molecule has 1 aromatic heterocycles. The van der Waals surface area contributed by atoms with Gasteiger partial charge in [-0.3, -0.25) is 19.2 Å². The molecule has 334 valence electrons. The second-order valence-electron chi connectivity index (χ2n) is 14.8. The van der Waals surface area contributed by atoms with Crippen molar-refractivity contribution in [3.63, 3.8) is 0 Å². The van der Waals surface area contributed by atoms with Crippen LogP contribution in [0.15, 0.2) is 47.4 Å². The third-order valence-electron chi connectivity index (χ3n) is 8.88. The maximum Gasteiger partial charge on any atom is 0.338 e. The molecule has 0 saturated carbocycles. The Hall–Kier alpha value is -5.58. The molecule has 1 aliphatic heterocycles. The highest BCUT2D eigenvalue weighted by Crippen LogP contribution is 2.37. The summed E-state index contributed by atoms with van der Waals surface area (Å²) in [6.45, 7) is 8.44. The van der Waals surface area contributed by atoms with Crippen molar-refractivity contribution in [3.05, 3.63) is 48.0 Å². The number of amides is 2. The summed E-state index contributed by atoms with van der Waals surface area (Å²) >= 11 is 0.932. The van der Waals surface area contributed by atoms with Gasteiger partial charge >= 0.3 is 17.9 Å². The molecule has 4 rings (SSSR count). The number of anilines is 2. The third-order valence-corrected chi connectivity index (χ3v) is 10.3. The first-order valence-corrected chi connectivity index (χ1v) is 21.6. The van der Waals surface area contributed by atoms with Gasteiger partial charge in [-0.25, -0.2) is 18.4 Å². The minimum atomic E-state index is -4.45. The largest absolute Gasteiger partial charge is 0.470 e. The number of unbranched alkanes of at least 4 members (excludes halogenated alkanes) is 1. The highest BCUT2D eigenvalue weighted by atomic mass is 32.2. The number of ether oxygens (including phenoxy) is 6. The molecule has 1 atom stereocenters. The highest BCUT2D eigenvalue weighted by molar-refractivity contribution is 7.89. The van der Waals surface area contributed by atoms with Crippen LogP contribution < -0.4 is 24.8 Å². The van der Waals surface area contributed by atoms with Crippen molar-refractivity contribution in [2.75, 3.05) is 83.0 Å². The molecule has 3 N–H and O–H groups in total. The zero-order valence-electron chi connectivity index (χ0n) is 35.0. The van der Waals surface area contributed by atoms with Gasteiger partial charge in [-0.15, -0.1) is 4.37 Å². The number of nitrogens with zero attached hydrogens (tertiary/aromatic N) is 5. The number of carbonyl (C=O) groups excluding carboxylic acids is 5. The standard InChI is InChI=1S/C39H53N7O13S2/c1-7-8-14-41-30-19-27(20-31(61(40,52)53)35(30)59-28-12-10-9-11-13-28)38(51)57-24-32(48)44(6)22-34(50)58-29(21-46(39(3,4)5)33(49)25-55-26(2)47)23-56-37-36(42-60-43-37)45-15-17-54-18-16-45/h9-13,19-20,29,41H,7-8,14-18,21-25H2,1-6H3,(H2,40,52,53)/t29-/m0/s1. The van der Waals surface area contributed by atoms with E-state index >= 15 is 0 Å². The Labute approximate surface area is 358 Å². The van der Waals surface area contributed by atoms with Gasteiger partial charge in [0, 0.05) is 39.1 Å². The summed E-state index contributed by atoms with van der Waals surface area (Å²) in [5.41, 5.74) is -0.905. The molecule has 0 bridgehead atoms. The minimum absolute atomic E-state index is 0.125. The van der Waals surface area contributed by atoms with Gasteiger partial charge in [0.05, 0.1) is 42.7 Å². The predicted octanol–water partition coefficient (Wildman–Crippen LogP) is 2.82. The quantitative estimate of drug-likeness (QED) is 0.0887. The first-order chi connectivity index (χ1) is 28.9. The number of nitrogens with two attached hydrogens (primary N) is 1. The van der Waals surface area contributed by atoms with Crippen LogP contribution >= 0.6 is 11.7 Å². The summed E-state index contributed by atoms with van der Waals surface area (Å²) in [4.78, 5) is 68.3. The van der Waals surface area contributed by atoms with Crippen molar-refractivity contribution in [3.8, 4) is 17.4 Å². The summed E-state index contributed by atoms with van der Waals surface area (Å²) in [5.74, 6) is -3.08. The Kier molecular flexibility index (Phi) is 17.6. The smallest absolute Gasteiger partial charge is 0.338 e. The van der Waals surface area contributed by atoms with E-state index in [1.807, 2.05) is 11.8 Å². The van der Waals surface area contributed by atoms with E-state index in [-0.39, 0.29) is 36.0 Å². The molecule has 1 fully saturated rings. The Balaban J connectivity index is 1.47. The van der Waals surface area contributed by atoms with Crippen molar-refractivity contribution in [1.82, 2.24) is 18.5 Å². The van der Waals surface area contributed by atoms with Crippen LogP contribution in [0.1, 0.15) is 57.8 Å². The Morgan fingerprint density at radius 1 is 1.02 bits per heavy atom. The molecular weight excluding hydrogens is 839 g/mol. The summed E-state index contributed by atoms with van der Waals surface area (Å²) in [6, 6.07) is 10.7. The molecule has 20 nitrogen and oxygen atoms in total. The molecule has 0 radical (unpaired) electrons. The lowest BCUT2D eigenvalue weighted by Crippen LogP contribution is -2.52. The number of esters is 3. The van der Waals surface area contributed by atoms with Crippen LogP contribution in [0.5, 0.6) is 17.4 Å². The molecule has 2 aromatic carbocycles. The lowest BCUT2D eigenvalue weighted by molar-refractivity contribution is -0.161. The average Bonchev–Trinajstić information content (AvgIpc) is 3.69. The number of aromatic nitrogens is 2. The molecule has 1 aliphatic rings. The number of carbonyl (C=O) groups is 5. The number of nitrogens with one attached hydrogen (secondary N) is 1. The fourth-order valence-corrected chi connectivity index (χ4v) is 6.95. The summed E-state index contributed by atoms with van der Waals surface area (Å²) in [5, 5.41) is 8.66. The van der Waals surface area contributed by atoms with E-state index in [0.29, 0.717) is 50.8 Å². The number of likely N-dealkylation sites (N-methyl/N-ethyl adjacent to an activating group) is 1. The average molecular weight is 892 g/mol. The highest BCUT2D eigenvalue weighted by Gasteiger charge is 2.33. The van der Waals surface area contributed by atoms with E-state index in [0.717, 1.165) is 29.1 Å². The maximum atomic E-state index is 13.4. The van der Waals surface area contributed by atoms with Crippen LogP contribution in [-0.4, -0.2) is 141 Å². The number of morpholine rings is 1. The van der Waals surface area contributed by atoms with Crippen LogP contribution in [0.4, 0.5) is 11.5 Å². The number of benzene rings is 2. The first kappa shape index (κ1) is 48.1. The lowest BCUT2D eigenvalue weighted by Gasteiger charge is -2.37. The van der Waals surface area contributed by atoms with E-state index in [1.165, 1.54) is 24.9 Å². The molecule has 22 heteroatoms. The van der Waals surface area contributed by atoms with Crippen LogP contribution in [0.25, 0.3) is 0 Å². The zero-order chi connectivity index (χ0) is 44.7. The number of primary sulfonamides is 1. The lowest BCUT2D eigenvalue weighted by atomic mass is 10.1. The van der Waals surface area contributed by atoms with E-state index in [9.17, 15) is 32.4 Å². The molecule has 61 heavy (non-hydrogen) atoms. The van der Waals surface area contributed by atoms with Gasteiger partial charge in [0.2, 0.25) is 15.8 Å². The summed E-state index contributed by atoms with van der Waals surface area (Å²) in [7, 11) is -3.16. The Morgan fingerprint density at radius 3 is 2.34 bits per heavy atom. The zero-order valence-corrected chi connectivity index (χ0v) is 36.7. The molecule has 0 unspecified atom stereocenters. The second kappa shape index (κ2) is 22.3. The van der Waals surface area contributed by atoms with Crippen molar-refractivity contribution in [2.45, 2.75) is 64.0 Å². The molecule has 2 amide bonds. The van der Waals surface area contributed by atoms with Crippen LogP contribution in [-0.2, 0) is 48.1 Å².